The summed E-state index contributed by atoms with van der Waals surface area (Å²) < 4.78 is 4.97. The van der Waals surface area contributed by atoms with E-state index >= 15 is 0 Å². The van der Waals surface area contributed by atoms with Crippen LogP contribution in [0.1, 0.15) is 20.8 Å². The SMILES string of the molecule is CCOC(=O)C(C(C=O)=CN(C)C)C(C)C. The van der Waals surface area contributed by atoms with Crippen LogP contribution in [0.25, 0.3) is 0 Å². The molecule has 0 aliphatic heterocycles. The van der Waals surface area contributed by atoms with Gasteiger partial charge in [0.1, 0.15) is 6.29 Å². The molecule has 16 heavy (non-hydrogen) atoms. The van der Waals surface area contributed by atoms with Gasteiger partial charge in [-0.25, -0.2) is 0 Å². The van der Waals surface area contributed by atoms with Gasteiger partial charge in [0.15, 0.2) is 0 Å². The lowest BCUT2D eigenvalue weighted by Gasteiger charge is -2.20. The smallest absolute Gasteiger partial charge is 0.313 e. The highest BCUT2D eigenvalue weighted by molar-refractivity contribution is 5.87. The molecule has 0 saturated carbocycles. The fourth-order valence-electron chi connectivity index (χ4n) is 1.51. The van der Waals surface area contributed by atoms with E-state index in [1.54, 1.807) is 18.0 Å². The third kappa shape index (κ3) is 4.47. The Morgan fingerprint density at radius 3 is 2.25 bits per heavy atom. The highest BCUT2D eigenvalue weighted by atomic mass is 16.5. The number of nitrogens with zero attached hydrogens (tertiary/aromatic N) is 1. The van der Waals surface area contributed by atoms with Crippen molar-refractivity contribution in [1.29, 1.82) is 0 Å². The van der Waals surface area contributed by atoms with Crippen molar-refractivity contribution in [3.05, 3.63) is 11.8 Å². The van der Waals surface area contributed by atoms with Crippen molar-refractivity contribution in [3.63, 3.8) is 0 Å². The van der Waals surface area contributed by atoms with Crippen LogP contribution >= 0.6 is 0 Å². The van der Waals surface area contributed by atoms with Crippen LogP contribution < -0.4 is 0 Å². The Morgan fingerprint density at radius 1 is 1.38 bits per heavy atom. The summed E-state index contributed by atoms with van der Waals surface area (Å²) in [6.45, 7) is 5.88. The molecule has 0 N–H and O–H groups in total. The normalized spacial score (nSPS) is 13.5. The van der Waals surface area contributed by atoms with Crippen LogP contribution in [0.5, 0.6) is 0 Å². The summed E-state index contributed by atoms with van der Waals surface area (Å²) in [5.41, 5.74) is 0.457. The lowest BCUT2D eigenvalue weighted by atomic mass is 9.89. The number of hydrogen-bond donors (Lipinski definition) is 0. The van der Waals surface area contributed by atoms with E-state index in [1.165, 1.54) is 0 Å². The zero-order chi connectivity index (χ0) is 12.7. The highest BCUT2D eigenvalue weighted by Crippen LogP contribution is 2.21. The van der Waals surface area contributed by atoms with Gasteiger partial charge in [0, 0.05) is 25.9 Å². The van der Waals surface area contributed by atoms with Crippen LogP contribution in [0.4, 0.5) is 0 Å². The van der Waals surface area contributed by atoms with Crippen molar-refractivity contribution in [2.24, 2.45) is 11.8 Å². The van der Waals surface area contributed by atoms with E-state index in [-0.39, 0.29) is 11.9 Å². The zero-order valence-corrected chi connectivity index (χ0v) is 10.7. The summed E-state index contributed by atoms with van der Waals surface area (Å²) in [6, 6.07) is 0. The van der Waals surface area contributed by atoms with Crippen LogP contribution in [0.3, 0.4) is 0 Å². The Bertz CT molecular complexity index is 269. The minimum absolute atomic E-state index is 0.0375. The van der Waals surface area contributed by atoms with Crippen molar-refractivity contribution in [2.45, 2.75) is 20.8 Å². The predicted octanol–water partition coefficient (Wildman–Crippen LogP) is 1.47. The third-order valence-corrected chi connectivity index (χ3v) is 2.11. The van der Waals surface area contributed by atoms with Crippen LogP contribution in [0.2, 0.25) is 0 Å². The first-order valence-corrected chi connectivity index (χ1v) is 5.44. The van der Waals surface area contributed by atoms with Crippen molar-refractivity contribution >= 4 is 12.3 Å². The zero-order valence-electron chi connectivity index (χ0n) is 10.7. The van der Waals surface area contributed by atoms with E-state index in [0.717, 1.165) is 6.29 Å². The van der Waals surface area contributed by atoms with Crippen LogP contribution in [-0.4, -0.2) is 37.9 Å². The van der Waals surface area contributed by atoms with Crippen molar-refractivity contribution in [1.82, 2.24) is 4.90 Å². The lowest BCUT2D eigenvalue weighted by Crippen LogP contribution is -2.26. The summed E-state index contributed by atoms with van der Waals surface area (Å²) in [5.74, 6) is -0.784. The van der Waals surface area contributed by atoms with Gasteiger partial charge in [0.05, 0.1) is 12.5 Å². The number of hydrogen-bond acceptors (Lipinski definition) is 4. The number of ether oxygens (including phenoxy) is 1. The maximum absolute atomic E-state index is 11.7. The standard InChI is InChI=1S/C12H21NO3/c1-6-16-12(15)11(9(2)3)10(8-14)7-13(4)5/h7-9,11H,6H2,1-5H3. The van der Waals surface area contributed by atoms with Gasteiger partial charge in [-0.05, 0) is 12.8 Å². The summed E-state index contributed by atoms with van der Waals surface area (Å²) in [4.78, 5) is 24.5. The Hall–Kier alpha value is -1.32. The molecule has 92 valence electrons. The van der Waals surface area contributed by atoms with E-state index in [2.05, 4.69) is 0 Å². The second kappa shape index (κ2) is 7.04. The second-order valence-electron chi connectivity index (χ2n) is 4.18. The molecule has 0 aromatic rings. The molecule has 0 aliphatic carbocycles. The van der Waals surface area contributed by atoms with E-state index in [9.17, 15) is 9.59 Å². The Labute approximate surface area is 97.3 Å². The fourth-order valence-corrected chi connectivity index (χ4v) is 1.51. The first-order chi connectivity index (χ1) is 7.43. The maximum atomic E-state index is 11.7. The summed E-state index contributed by atoms with van der Waals surface area (Å²) in [7, 11) is 3.62. The van der Waals surface area contributed by atoms with E-state index in [0.29, 0.717) is 12.2 Å². The summed E-state index contributed by atoms with van der Waals surface area (Å²) >= 11 is 0. The van der Waals surface area contributed by atoms with Crippen molar-refractivity contribution in [2.75, 3.05) is 20.7 Å². The molecule has 0 aliphatic rings. The Balaban J connectivity index is 5.01. The molecule has 0 spiro atoms. The second-order valence-corrected chi connectivity index (χ2v) is 4.18. The number of esters is 1. The van der Waals surface area contributed by atoms with Crippen LogP contribution in [0.15, 0.2) is 11.8 Å². The minimum Gasteiger partial charge on any atom is -0.466 e. The molecule has 1 unspecified atom stereocenters. The molecule has 0 rings (SSSR count). The molecule has 0 heterocycles. The molecule has 1 atom stereocenters. The molecular formula is C12H21NO3. The van der Waals surface area contributed by atoms with Gasteiger partial charge in [-0.2, -0.15) is 0 Å². The van der Waals surface area contributed by atoms with Crippen LogP contribution in [0, 0.1) is 11.8 Å². The summed E-state index contributed by atoms with van der Waals surface area (Å²) in [6.07, 6.45) is 2.39. The molecule has 0 aromatic heterocycles. The van der Waals surface area contributed by atoms with Gasteiger partial charge >= 0.3 is 5.97 Å². The summed E-state index contributed by atoms with van der Waals surface area (Å²) in [5, 5.41) is 0. The Kier molecular flexibility index (Phi) is 6.46. The Morgan fingerprint density at radius 2 is 1.94 bits per heavy atom. The quantitative estimate of drug-likeness (QED) is 0.391. The molecule has 0 radical (unpaired) electrons. The van der Waals surface area contributed by atoms with Gasteiger partial charge < -0.3 is 9.64 Å². The maximum Gasteiger partial charge on any atom is 0.313 e. The number of aldehydes is 1. The van der Waals surface area contributed by atoms with Gasteiger partial charge in [-0.15, -0.1) is 0 Å². The largest absolute Gasteiger partial charge is 0.466 e. The number of carbonyl (C=O) groups excluding carboxylic acids is 2. The molecular weight excluding hydrogens is 206 g/mol. The predicted molar refractivity (Wildman–Crippen MR) is 62.8 cm³/mol. The first-order valence-electron chi connectivity index (χ1n) is 5.44. The van der Waals surface area contributed by atoms with Crippen molar-refractivity contribution in [3.8, 4) is 0 Å². The molecule has 0 aromatic carbocycles. The lowest BCUT2D eigenvalue weighted by molar-refractivity contribution is -0.148. The number of carbonyl (C=O) groups is 2. The van der Waals surface area contributed by atoms with Gasteiger partial charge in [-0.3, -0.25) is 9.59 Å². The van der Waals surface area contributed by atoms with Crippen molar-refractivity contribution < 1.29 is 14.3 Å². The molecule has 0 saturated heterocycles. The molecule has 0 bridgehead atoms. The van der Waals surface area contributed by atoms with Crippen LogP contribution in [-0.2, 0) is 14.3 Å². The van der Waals surface area contributed by atoms with E-state index in [4.69, 9.17) is 4.74 Å². The van der Waals surface area contributed by atoms with E-state index < -0.39 is 5.92 Å². The first kappa shape index (κ1) is 14.7. The molecule has 0 amide bonds. The minimum atomic E-state index is -0.486. The monoisotopic (exact) mass is 227 g/mol. The van der Waals surface area contributed by atoms with Gasteiger partial charge in [0.25, 0.3) is 0 Å². The van der Waals surface area contributed by atoms with E-state index in [1.807, 2.05) is 27.9 Å². The molecule has 0 fully saturated rings. The molecule has 4 heteroatoms. The average molecular weight is 227 g/mol. The average Bonchev–Trinajstić information content (AvgIpc) is 2.15. The van der Waals surface area contributed by atoms with Gasteiger partial charge in [-0.1, -0.05) is 13.8 Å². The highest BCUT2D eigenvalue weighted by Gasteiger charge is 2.27. The van der Waals surface area contributed by atoms with Gasteiger partial charge in [0.2, 0.25) is 0 Å². The number of rotatable bonds is 6. The topological polar surface area (TPSA) is 46.6 Å². The fraction of sp³-hybridized carbons (Fsp3) is 0.667. The third-order valence-electron chi connectivity index (χ3n) is 2.11. The molecule has 4 nitrogen and oxygen atoms in total.